The van der Waals surface area contributed by atoms with Crippen LogP contribution in [-0.2, 0) is 0 Å². The molecular formula is C13H17N3O. The molecule has 1 aromatic carbocycles. The van der Waals surface area contributed by atoms with E-state index in [1.165, 1.54) is 12.8 Å². The smallest absolute Gasteiger partial charge is 0.121 e. The third-order valence-electron chi connectivity index (χ3n) is 3.13. The molecule has 0 bridgehead atoms. The first-order chi connectivity index (χ1) is 8.28. The van der Waals surface area contributed by atoms with Gasteiger partial charge in [0.25, 0.3) is 0 Å². The van der Waals surface area contributed by atoms with Crippen LogP contribution in [0.25, 0.3) is 0 Å². The van der Waals surface area contributed by atoms with Crippen molar-refractivity contribution in [3.63, 3.8) is 0 Å². The number of hydrogen-bond acceptors (Lipinski definition) is 4. The molecular weight excluding hydrogens is 214 g/mol. The van der Waals surface area contributed by atoms with E-state index in [9.17, 15) is 0 Å². The SMILES string of the molecule is COc1ccc(C#N)c(NC(CN)C2CC2)c1. The monoisotopic (exact) mass is 231 g/mol. The van der Waals surface area contributed by atoms with Crippen molar-refractivity contribution in [1.29, 1.82) is 5.26 Å². The molecule has 0 spiro atoms. The number of ether oxygens (including phenoxy) is 1. The average molecular weight is 231 g/mol. The Morgan fingerprint density at radius 3 is 2.88 bits per heavy atom. The lowest BCUT2D eigenvalue weighted by atomic mass is 10.1. The van der Waals surface area contributed by atoms with E-state index in [2.05, 4.69) is 11.4 Å². The molecule has 3 N–H and O–H groups in total. The first kappa shape index (κ1) is 11.7. The van der Waals surface area contributed by atoms with Crippen molar-refractivity contribution in [1.82, 2.24) is 0 Å². The highest BCUT2D eigenvalue weighted by atomic mass is 16.5. The highest BCUT2D eigenvalue weighted by Crippen LogP contribution is 2.34. The van der Waals surface area contributed by atoms with E-state index in [4.69, 9.17) is 15.7 Å². The number of nitriles is 1. The number of rotatable bonds is 5. The second-order valence-corrected chi connectivity index (χ2v) is 4.35. The maximum atomic E-state index is 9.06. The molecule has 0 heterocycles. The van der Waals surface area contributed by atoms with Crippen LogP contribution in [0.15, 0.2) is 18.2 Å². The minimum absolute atomic E-state index is 0.259. The van der Waals surface area contributed by atoms with Gasteiger partial charge in [0.2, 0.25) is 0 Å². The van der Waals surface area contributed by atoms with Crippen molar-refractivity contribution < 1.29 is 4.74 Å². The van der Waals surface area contributed by atoms with E-state index in [-0.39, 0.29) is 6.04 Å². The fraction of sp³-hybridized carbons (Fsp3) is 0.462. The van der Waals surface area contributed by atoms with Crippen molar-refractivity contribution in [2.75, 3.05) is 19.0 Å². The molecule has 0 saturated heterocycles. The maximum absolute atomic E-state index is 9.06. The summed E-state index contributed by atoms with van der Waals surface area (Å²) in [6, 6.07) is 7.84. The Bertz CT molecular complexity index is 435. The first-order valence-corrected chi connectivity index (χ1v) is 5.83. The minimum Gasteiger partial charge on any atom is -0.497 e. The number of nitrogens with two attached hydrogens (primary N) is 1. The zero-order chi connectivity index (χ0) is 12.3. The molecule has 1 fully saturated rings. The molecule has 90 valence electrons. The third kappa shape index (κ3) is 2.69. The van der Waals surface area contributed by atoms with Crippen LogP contribution in [0, 0.1) is 17.2 Å². The van der Waals surface area contributed by atoms with Crippen LogP contribution in [0.2, 0.25) is 0 Å². The summed E-state index contributed by atoms with van der Waals surface area (Å²) in [6.07, 6.45) is 2.45. The van der Waals surface area contributed by atoms with Gasteiger partial charge in [-0.25, -0.2) is 0 Å². The van der Waals surface area contributed by atoms with Gasteiger partial charge >= 0.3 is 0 Å². The van der Waals surface area contributed by atoms with E-state index in [0.717, 1.165) is 11.4 Å². The van der Waals surface area contributed by atoms with Gasteiger partial charge in [0.05, 0.1) is 18.4 Å². The number of anilines is 1. The molecule has 2 rings (SSSR count). The lowest BCUT2D eigenvalue weighted by Crippen LogP contribution is -2.31. The summed E-state index contributed by atoms with van der Waals surface area (Å²) in [5.74, 6) is 1.40. The fourth-order valence-electron chi connectivity index (χ4n) is 1.93. The lowest BCUT2D eigenvalue weighted by Gasteiger charge is -2.18. The van der Waals surface area contributed by atoms with E-state index < -0.39 is 0 Å². The van der Waals surface area contributed by atoms with Gasteiger partial charge in [0.15, 0.2) is 0 Å². The zero-order valence-electron chi connectivity index (χ0n) is 9.94. The van der Waals surface area contributed by atoms with Crippen LogP contribution in [0.3, 0.4) is 0 Å². The molecule has 4 heteroatoms. The summed E-state index contributed by atoms with van der Waals surface area (Å²) in [5, 5.41) is 12.4. The number of nitrogens with zero attached hydrogens (tertiary/aromatic N) is 1. The van der Waals surface area contributed by atoms with Gasteiger partial charge < -0.3 is 15.8 Å². The molecule has 17 heavy (non-hydrogen) atoms. The zero-order valence-corrected chi connectivity index (χ0v) is 9.94. The minimum atomic E-state index is 0.259. The van der Waals surface area contributed by atoms with E-state index in [1.807, 2.05) is 6.07 Å². The van der Waals surface area contributed by atoms with Crippen molar-refractivity contribution in [3.05, 3.63) is 23.8 Å². The molecule has 0 amide bonds. The van der Waals surface area contributed by atoms with Crippen LogP contribution in [0.5, 0.6) is 5.75 Å². The summed E-state index contributed by atoms with van der Waals surface area (Å²) in [7, 11) is 1.62. The predicted molar refractivity (Wildman–Crippen MR) is 66.9 cm³/mol. The highest BCUT2D eigenvalue weighted by Gasteiger charge is 2.30. The van der Waals surface area contributed by atoms with Gasteiger partial charge in [-0.2, -0.15) is 5.26 Å². The molecule has 1 saturated carbocycles. The quantitative estimate of drug-likeness (QED) is 0.809. The number of hydrogen-bond donors (Lipinski definition) is 2. The topological polar surface area (TPSA) is 71.1 Å². The molecule has 1 aromatic rings. The van der Waals surface area contributed by atoms with Gasteiger partial charge in [0.1, 0.15) is 11.8 Å². The van der Waals surface area contributed by atoms with Gasteiger partial charge in [0, 0.05) is 18.7 Å². The molecule has 0 aliphatic heterocycles. The van der Waals surface area contributed by atoms with Crippen molar-refractivity contribution in [2.24, 2.45) is 11.7 Å². The highest BCUT2D eigenvalue weighted by molar-refractivity contribution is 5.61. The third-order valence-corrected chi connectivity index (χ3v) is 3.13. The van der Waals surface area contributed by atoms with Crippen LogP contribution in [0.4, 0.5) is 5.69 Å². The van der Waals surface area contributed by atoms with E-state index in [0.29, 0.717) is 18.0 Å². The summed E-state index contributed by atoms with van der Waals surface area (Å²) in [4.78, 5) is 0. The summed E-state index contributed by atoms with van der Waals surface area (Å²) in [5.41, 5.74) is 7.19. The number of benzene rings is 1. The van der Waals surface area contributed by atoms with E-state index >= 15 is 0 Å². The Morgan fingerprint density at radius 2 is 2.35 bits per heavy atom. The first-order valence-electron chi connectivity index (χ1n) is 5.83. The normalized spacial score (nSPS) is 16.1. The van der Waals surface area contributed by atoms with E-state index in [1.54, 1.807) is 19.2 Å². The molecule has 1 aliphatic carbocycles. The van der Waals surface area contributed by atoms with Crippen LogP contribution < -0.4 is 15.8 Å². The molecule has 1 aliphatic rings. The predicted octanol–water partition coefficient (Wildman–Crippen LogP) is 1.72. The Kier molecular flexibility index (Phi) is 3.50. The molecule has 1 unspecified atom stereocenters. The van der Waals surface area contributed by atoms with Crippen LogP contribution in [-0.4, -0.2) is 19.7 Å². The largest absolute Gasteiger partial charge is 0.497 e. The van der Waals surface area contributed by atoms with Gasteiger partial charge in [-0.15, -0.1) is 0 Å². The standard InChI is InChI=1S/C13H17N3O/c1-17-11-5-4-10(7-14)12(6-11)16-13(8-15)9-2-3-9/h4-6,9,13,16H,2-3,8,15H2,1H3. The Balaban J connectivity index is 2.20. The molecule has 0 aromatic heterocycles. The second-order valence-electron chi connectivity index (χ2n) is 4.35. The molecule has 0 radical (unpaired) electrons. The Morgan fingerprint density at radius 1 is 1.59 bits per heavy atom. The summed E-state index contributed by atoms with van der Waals surface area (Å²) in [6.45, 7) is 0.590. The summed E-state index contributed by atoms with van der Waals surface area (Å²) >= 11 is 0. The van der Waals surface area contributed by atoms with Crippen molar-refractivity contribution in [3.8, 4) is 11.8 Å². The van der Waals surface area contributed by atoms with Gasteiger partial charge in [-0.3, -0.25) is 0 Å². The second kappa shape index (κ2) is 5.07. The molecule has 4 nitrogen and oxygen atoms in total. The van der Waals surface area contributed by atoms with Gasteiger partial charge in [-0.05, 0) is 30.9 Å². The average Bonchev–Trinajstić information content (AvgIpc) is 3.19. The lowest BCUT2D eigenvalue weighted by molar-refractivity contribution is 0.415. The number of methoxy groups -OCH3 is 1. The van der Waals surface area contributed by atoms with Crippen molar-refractivity contribution in [2.45, 2.75) is 18.9 Å². The number of nitrogens with one attached hydrogen (secondary N) is 1. The van der Waals surface area contributed by atoms with Crippen molar-refractivity contribution >= 4 is 5.69 Å². The van der Waals surface area contributed by atoms with Crippen LogP contribution in [0.1, 0.15) is 18.4 Å². The maximum Gasteiger partial charge on any atom is 0.121 e. The fourth-order valence-corrected chi connectivity index (χ4v) is 1.93. The van der Waals surface area contributed by atoms with Crippen LogP contribution >= 0.6 is 0 Å². The Labute approximate surface area is 101 Å². The van der Waals surface area contributed by atoms with Gasteiger partial charge in [-0.1, -0.05) is 0 Å². The molecule has 1 atom stereocenters. The summed E-state index contributed by atoms with van der Waals surface area (Å²) < 4.78 is 5.16. The Hall–Kier alpha value is -1.73.